The first kappa shape index (κ1) is 9.19. The van der Waals surface area contributed by atoms with E-state index in [0.29, 0.717) is 18.8 Å². The Bertz CT molecular complexity index is 364. The van der Waals surface area contributed by atoms with E-state index < -0.39 is 0 Å². The maximum Gasteiger partial charge on any atom is 0.124 e. The fourth-order valence-corrected chi connectivity index (χ4v) is 2.17. The van der Waals surface area contributed by atoms with Gasteiger partial charge < -0.3 is 14.2 Å². The van der Waals surface area contributed by atoms with Crippen molar-refractivity contribution in [2.75, 3.05) is 13.7 Å². The van der Waals surface area contributed by atoms with Crippen LogP contribution in [-0.4, -0.2) is 25.9 Å². The van der Waals surface area contributed by atoms with Gasteiger partial charge in [0.05, 0.1) is 25.9 Å². The summed E-state index contributed by atoms with van der Waals surface area (Å²) in [6, 6.07) is 8.02. The van der Waals surface area contributed by atoms with Gasteiger partial charge >= 0.3 is 0 Å². The Morgan fingerprint density at radius 3 is 2.93 bits per heavy atom. The molecule has 0 aromatic heterocycles. The number of epoxide rings is 1. The third kappa shape index (κ3) is 1.62. The molecular weight excluding hydrogens is 192 g/mol. The summed E-state index contributed by atoms with van der Waals surface area (Å²) in [7, 11) is 1.69. The van der Waals surface area contributed by atoms with Crippen LogP contribution in [0.15, 0.2) is 24.3 Å². The van der Waals surface area contributed by atoms with Gasteiger partial charge in [-0.05, 0) is 6.07 Å². The standard InChI is InChI=1S/C12H14O3/c1-13-9-5-3-2-4-8(9)10-6-11-12(15-11)7-14-10/h2-5,10-12H,6-7H2,1H3/t10-,11-,12+/m0/s1. The summed E-state index contributed by atoms with van der Waals surface area (Å²) in [6.07, 6.45) is 1.85. The van der Waals surface area contributed by atoms with Crippen LogP contribution in [0.4, 0.5) is 0 Å². The van der Waals surface area contributed by atoms with Gasteiger partial charge in [-0.25, -0.2) is 0 Å². The summed E-state index contributed by atoms with van der Waals surface area (Å²) in [4.78, 5) is 0. The normalized spacial score (nSPS) is 33.3. The molecule has 0 unspecified atom stereocenters. The number of fused-ring (bicyclic) bond motifs is 1. The molecule has 3 nitrogen and oxygen atoms in total. The Morgan fingerprint density at radius 1 is 1.27 bits per heavy atom. The van der Waals surface area contributed by atoms with Crippen LogP contribution in [-0.2, 0) is 9.47 Å². The molecule has 0 N–H and O–H groups in total. The molecular formula is C12H14O3. The lowest BCUT2D eigenvalue weighted by Crippen LogP contribution is -2.19. The molecule has 0 bridgehead atoms. The second-order valence-electron chi connectivity index (χ2n) is 4.01. The van der Waals surface area contributed by atoms with Gasteiger partial charge in [-0.3, -0.25) is 0 Å². The molecule has 3 rings (SSSR count). The van der Waals surface area contributed by atoms with E-state index in [-0.39, 0.29) is 6.10 Å². The number of benzene rings is 1. The van der Waals surface area contributed by atoms with Crippen molar-refractivity contribution in [3.05, 3.63) is 29.8 Å². The summed E-state index contributed by atoms with van der Waals surface area (Å²) in [6.45, 7) is 0.716. The fraction of sp³-hybridized carbons (Fsp3) is 0.500. The zero-order valence-corrected chi connectivity index (χ0v) is 8.68. The summed E-state index contributed by atoms with van der Waals surface area (Å²) < 4.78 is 16.5. The molecule has 80 valence electrons. The average Bonchev–Trinajstić information content (AvgIpc) is 3.07. The number of hydrogen-bond acceptors (Lipinski definition) is 3. The smallest absolute Gasteiger partial charge is 0.124 e. The van der Waals surface area contributed by atoms with E-state index in [4.69, 9.17) is 14.2 Å². The zero-order valence-electron chi connectivity index (χ0n) is 8.68. The lowest BCUT2D eigenvalue weighted by molar-refractivity contribution is 0.0275. The molecule has 0 amide bonds. The first-order valence-corrected chi connectivity index (χ1v) is 5.28. The van der Waals surface area contributed by atoms with E-state index in [1.165, 1.54) is 0 Å². The van der Waals surface area contributed by atoms with Crippen molar-refractivity contribution in [1.29, 1.82) is 0 Å². The predicted molar refractivity (Wildman–Crippen MR) is 55.0 cm³/mol. The summed E-state index contributed by atoms with van der Waals surface area (Å²) >= 11 is 0. The van der Waals surface area contributed by atoms with Crippen LogP contribution in [0.3, 0.4) is 0 Å². The number of methoxy groups -OCH3 is 1. The molecule has 1 aromatic rings. The molecule has 15 heavy (non-hydrogen) atoms. The summed E-state index contributed by atoms with van der Waals surface area (Å²) in [5.74, 6) is 0.904. The minimum atomic E-state index is 0.130. The van der Waals surface area contributed by atoms with Gasteiger partial charge in [-0.15, -0.1) is 0 Å². The predicted octanol–water partition coefficient (Wildman–Crippen LogP) is 1.92. The van der Waals surface area contributed by atoms with Crippen molar-refractivity contribution in [3.63, 3.8) is 0 Å². The Morgan fingerprint density at radius 2 is 2.13 bits per heavy atom. The molecule has 3 atom stereocenters. The Balaban J connectivity index is 1.84. The van der Waals surface area contributed by atoms with Crippen LogP contribution in [0.5, 0.6) is 5.75 Å². The number of para-hydroxylation sites is 1. The average molecular weight is 206 g/mol. The van der Waals surface area contributed by atoms with Gasteiger partial charge in [0.15, 0.2) is 0 Å². The first-order valence-electron chi connectivity index (χ1n) is 5.28. The van der Waals surface area contributed by atoms with Gasteiger partial charge in [0, 0.05) is 12.0 Å². The summed E-state index contributed by atoms with van der Waals surface area (Å²) in [5, 5.41) is 0. The number of hydrogen-bond donors (Lipinski definition) is 0. The molecule has 2 heterocycles. The molecule has 1 aromatic carbocycles. The van der Waals surface area contributed by atoms with Crippen LogP contribution in [0.2, 0.25) is 0 Å². The van der Waals surface area contributed by atoms with Crippen LogP contribution in [0.1, 0.15) is 18.1 Å². The lowest BCUT2D eigenvalue weighted by Gasteiger charge is -2.22. The quantitative estimate of drug-likeness (QED) is 0.693. The second kappa shape index (κ2) is 3.51. The van der Waals surface area contributed by atoms with Crippen molar-refractivity contribution in [2.24, 2.45) is 0 Å². The molecule has 0 spiro atoms. The van der Waals surface area contributed by atoms with E-state index in [2.05, 4.69) is 6.07 Å². The van der Waals surface area contributed by atoms with Gasteiger partial charge in [0.25, 0.3) is 0 Å². The molecule has 2 fully saturated rings. The highest BCUT2D eigenvalue weighted by Crippen LogP contribution is 2.41. The fourth-order valence-electron chi connectivity index (χ4n) is 2.17. The zero-order chi connectivity index (χ0) is 10.3. The third-order valence-electron chi connectivity index (χ3n) is 3.08. The monoisotopic (exact) mass is 206 g/mol. The topological polar surface area (TPSA) is 31.0 Å². The van der Waals surface area contributed by atoms with Crippen LogP contribution >= 0.6 is 0 Å². The van der Waals surface area contributed by atoms with Crippen molar-refractivity contribution < 1.29 is 14.2 Å². The van der Waals surface area contributed by atoms with E-state index in [1.54, 1.807) is 7.11 Å². The largest absolute Gasteiger partial charge is 0.496 e. The molecule has 2 saturated heterocycles. The first-order chi connectivity index (χ1) is 7.38. The highest BCUT2D eigenvalue weighted by atomic mass is 16.6. The van der Waals surface area contributed by atoms with Gasteiger partial charge in [-0.1, -0.05) is 18.2 Å². The molecule has 0 radical (unpaired) electrons. The summed E-state index contributed by atoms with van der Waals surface area (Å²) in [5.41, 5.74) is 1.13. The van der Waals surface area contributed by atoms with Crippen molar-refractivity contribution in [2.45, 2.75) is 24.7 Å². The molecule has 0 aliphatic carbocycles. The van der Waals surface area contributed by atoms with Crippen molar-refractivity contribution in [3.8, 4) is 5.75 Å². The highest BCUT2D eigenvalue weighted by molar-refractivity contribution is 5.35. The minimum absolute atomic E-state index is 0.130. The van der Waals surface area contributed by atoms with Crippen LogP contribution < -0.4 is 4.74 Å². The lowest BCUT2D eigenvalue weighted by atomic mass is 10.0. The Labute approximate surface area is 89.0 Å². The minimum Gasteiger partial charge on any atom is -0.496 e. The van der Waals surface area contributed by atoms with Gasteiger partial charge in [0.2, 0.25) is 0 Å². The Hall–Kier alpha value is -1.06. The third-order valence-corrected chi connectivity index (χ3v) is 3.08. The highest BCUT2D eigenvalue weighted by Gasteiger charge is 2.45. The van der Waals surface area contributed by atoms with Gasteiger partial charge in [0.1, 0.15) is 11.9 Å². The van der Waals surface area contributed by atoms with Crippen molar-refractivity contribution >= 4 is 0 Å². The van der Waals surface area contributed by atoms with Crippen molar-refractivity contribution in [1.82, 2.24) is 0 Å². The van der Waals surface area contributed by atoms with E-state index in [9.17, 15) is 0 Å². The Kier molecular flexibility index (Phi) is 2.15. The molecule has 0 saturated carbocycles. The molecule has 2 aliphatic rings. The SMILES string of the molecule is COc1ccccc1[C@@H]1C[C@@H]2O[C@@H]2CO1. The molecule has 3 heteroatoms. The van der Waals surface area contributed by atoms with E-state index >= 15 is 0 Å². The second-order valence-corrected chi connectivity index (χ2v) is 4.01. The maximum absolute atomic E-state index is 5.76. The van der Waals surface area contributed by atoms with E-state index in [1.807, 2.05) is 18.2 Å². The molecule has 2 aliphatic heterocycles. The van der Waals surface area contributed by atoms with Crippen LogP contribution in [0.25, 0.3) is 0 Å². The van der Waals surface area contributed by atoms with Gasteiger partial charge in [-0.2, -0.15) is 0 Å². The number of rotatable bonds is 2. The maximum atomic E-state index is 5.76. The van der Waals surface area contributed by atoms with Crippen LogP contribution in [0, 0.1) is 0 Å². The number of ether oxygens (including phenoxy) is 3. The van der Waals surface area contributed by atoms with E-state index in [0.717, 1.165) is 17.7 Å².